The lowest BCUT2D eigenvalue weighted by atomic mass is 10.1. The largest absolute Gasteiger partial charge is 0.464 e. The van der Waals surface area contributed by atoms with Crippen LogP contribution in [0.3, 0.4) is 0 Å². The van der Waals surface area contributed by atoms with E-state index in [1.807, 2.05) is 0 Å². The molecule has 4 nitrogen and oxygen atoms in total. The topological polar surface area (TPSA) is 69.4 Å². The van der Waals surface area contributed by atoms with Gasteiger partial charge in [0, 0.05) is 0 Å². The molecule has 0 rings (SSSR count). The summed E-state index contributed by atoms with van der Waals surface area (Å²) in [6.45, 7) is 3.50. The molecule has 0 aliphatic heterocycles. The summed E-state index contributed by atoms with van der Waals surface area (Å²) >= 11 is 3.02. The number of hydrogen-bond donors (Lipinski definition) is 1. The summed E-state index contributed by atoms with van der Waals surface area (Å²) in [4.78, 5) is 21.6. The monoisotopic (exact) mass is 237 g/mol. The van der Waals surface area contributed by atoms with Crippen molar-refractivity contribution < 1.29 is 14.3 Å². The molecule has 0 aromatic carbocycles. The number of nitrogens with two attached hydrogens (primary N) is 1. The van der Waals surface area contributed by atoms with Gasteiger partial charge in [-0.15, -0.1) is 0 Å². The first kappa shape index (κ1) is 11.6. The quantitative estimate of drug-likeness (QED) is 0.432. The van der Waals surface area contributed by atoms with Crippen LogP contribution in [0, 0.1) is 0 Å². The van der Waals surface area contributed by atoms with Crippen LogP contribution < -0.4 is 5.73 Å². The Balaban J connectivity index is 4.10. The van der Waals surface area contributed by atoms with Crippen LogP contribution in [0.15, 0.2) is 0 Å². The third kappa shape index (κ3) is 3.32. The van der Waals surface area contributed by atoms with Gasteiger partial charge in [0.1, 0.15) is 0 Å². The Labute approximate surface area is 79.6 Å². The van der Waals surface area contributed by atoms with Crippen molar-refractivity contribution in [3.05, 3.63) is 0 Å². The van der Waals surface area contributed by atoms with E-state index in [1.165, 1.54) is 0 Å². The minimum absolute atomic E-state index is 0.233. The van der Waals surface area contributed by atoms with Crippen LogP contribution in [0.1, 0.15) is 13.8 Å². The summed E-state index contributed by atoms with van der Waals surface area (Å²) < 4.78 is 4.57. The number of esters is 1. The van der Waals surface area contributed by atoms with Crippen LogP contribution in [-0.4, -0.2) is 29.2 Å². The van der Waals surface area contributed by atoms with Crippen LogP contribution in [0.5, 0.6) is 0 Å². The third-order valence-electron chi connectivity index (χ3n) is 1.24. The van der Waals surface area contributed by atoms with Gasteiger partial charge in [-0.2, -0.15) is 0 Å². The lowest BCUT2D eigenvalue weighted by molar-refractivity contribution is -0.147. The van der Waals surface area contributed by atoms with E-state index < -0.39 is 16.8 Å². The molecule has 0 bridgehead atoms. The standard InChI is InChI=1S/C7H12BrNO3/c1-3-12-7(11)5(9)6(10)4(2)8/h4-5H,3,9H2,1-2H3. The average Bonchev–Trinajstić information content (AvgIpc) is 2.02. The summed E-state index contributed by atoms with van der Waals surface area (Å²) in [5.74, 6) is -1.04. The summed E-state index contributed by atoms with van der Waals surface area (Å²) in [6, 6.07) is -1.17. The van der Waals surface area contributed by atoms with Gasteiger partial charge in [0.15, 0.2) is 11.8 Å². The molecule has 0 heterocycles. The lowest BCUT2D eigenvalue weighted by Gasteiger charge is -2.10. The Bertz CT molecular complexity index is 181. The molecule has 70 valence electrons. The van der Waals surface area contributed by atoms with E-state index in [2.05, 4.69) is 20.7 Å². The van der Waals surface area contributed by atoms with Gasteiger partial charge in [-0.3, -0.25) is 4.79 Å². The number of rotatable bonds is 4. The predicted octanol–water partition coefficient (Wildman–Crippen LogP) is 0.229. The van der Waals surface area contributed by atoms with Gasteiger partial charge < -0.3 is 10.5 Å². The zero-order valence-electron chi connectivity index (χ0n) is 7.04. The number of Topliss-reactive ketones (excluding diaryl/α,β-unsaturated/α-hetero) is 1. The number of hydrogen-bond acceptors (Lipinski definition) is 4. The maximum Gasteiger partial charge on any atom is 0.330 e. The molecule has 5 heteroatoms. The van der Waals surface area contributed by atoms with Gasteiger partial charge in [-0.1, -0.05) is 15.9 Å². The summed E-state index contributed by atoms with van der Waals surface area (Å²) in [6.07, 6.45) is 0. The summed E-state index contributed by atoms with van der Waals surface area (Å²) in [5, 5.41) is 0. The van der Waals surface area contributed by atoms with Gasteiger partial charge in [-0.25, -0.2) is 4.79 Å². The van der Waals surface area contributed by atoms with Crippen molar-refractivity contribution >= 4 is 27.7 Å². The van der Waals surface area contributed by atoms with Gasteiger partial charge in [0.05, 0.1) is 11.4 Å². The Morgan fingerprint density at radius 3 is 2.42 bits per heavy atom. The molecule has 2 atom stereocenters. The van der Waals surface area contributed by atoms with Crippen molar-refractivity contribution in [2.45, 2.75) is 24.7 Å². The van der Waals surface area contributed by atoms with E-state index in [1.54, 1.807) is 13.8 Å². The molecule has 0 saturated heterocycles. The highest BCUT2D eigenvalue weighted by atomic mass is 79.9. The molecular formula is C7H12BrNO3. The predicted molar refractivity (Wildman–Crippen MR) is 48.0 cm³/mol. The maximum absolute atomic E-state index is 11.1. The van der Waals surface area contributed by atoms with Crippen molar-refractivity contribution in [3.63, 3.8) is 0 Å². The number of carbonyl (C=O) groups is 2. The van der Waals surface area contributed by atoms with Crippen molar-refractivity contribution in [2.75, 3.05) is 6.61 Å². The molecule has 0 aliphatic rings. The molecule has 12 heavy (non-hydrogen) atoms. The van der Waals surface area contributed by atoms with Crippen LogP contribution in [-0.2, 0) is 14.3 Å². The summed E-state index contributed by atoms with van der Waals surface area (Å²) in [7, 11) is 0. The minimum atomic E-state index is -1.17. The van der Waals surface area contributed by atoms with Crippen molar-refractivity contribution in [1.29, 1.82) is 0 Å². The molecule has 0 amide bonds. The van der Waals surface area contributed by atoms with Gasteiger partial charge in [-0.05, 0) is 13.8 Å². The molecule has 0 aromatic rings. The second-order valence-corrected chi connectivity index (χ2v) is 3.62. The van der Waals surface area contributed by atoms with Crippen LogP contribution in [0.2, 0.25) is 0 Å². The molecule has 0 aliphatic carbocycles. The van der Waals surface area contributed by atoms with E-state index in [-0.39, 0.29) is 12.4 Å². The fourth-order valence-corrected chi connectivity index (χ4v) is 0.880. The average molecular weight is 238 g/mol. The zero-order chi connectivity index (χ0) is 9.72. The number of ketones is 1. The van der Waals surface area contributed by atoms with E-state index in [9.17, 15) is 9.59 Å². The van der Waals surface area contributed by atoms with Crippen molar-refractivity contribution in [1.82, 2.24) is 0 Å². The van der Waals surface area contributed by atoms with Crippen LogP contribution in [0.4, 0.5) is 0 Å². The Hall–Kier alpha value is -0.420. The van der Waals surface area contributed by atoms with Crippen LogP contribution in [0.25, 0.3) is 0 Å². The molecule has 0 fully saturated rings. The second kappa shape index (κ2) is 5.27. The summed E-state index contributed by atoms with van der Waals surface area (Å²) in [5.41, 5.74) is 5.29. The van der Waals surface area contributed by atoms with Gasteiger partial charge in [0.25, 0.3) is 0 Å². The molecular weight excluding hydrogens is 226 g/mol. The van der Waals surface area contributed by atoms with Crippen molar-refractivity contribution in [2.24, 2.45) is 5.73 Å². The Kier molecular flexibility index (Phi) is 5.08. The second-order valence-electron chi connectivity index (χ2n) is 2.25. The third-order valence-corrected chi connectivity index (χ3v) is 1.69. The molecule has 0 radical (unpaired) electrons. The molecule has 2 unspecified atom stereocenters. The normalized spacial score (nSPS) is 15.0. The highest BCUT2D eigenvalue weighted by Crippen LogP contribution is 2.02. The lowest BCUT2D eigenvalue weighted by Crippen LogP contribution is -2.43. The number of halogens is 1. The number of ether oxygens (including phenoxy) is 1. The van der Waals surface area contributed by atoms with Crippen molar-refractivity contribution in [3.8, 4) is 0 Å². The van der Waals surface area contributed by atoms with E-state index in [0.29, 0.717) is 0 Å². The fraction of sp³-hybridized carbons (Fsp3) is 0.714. The van der Waals surface area contributed by atoms with Crippen LogP contribution >= 0.6 is 15.9 Å². The first-order valence-electron chi connectivity index (χ1n) is 3.60. The molecule has 2 N–H and O–H groups in total. The van der Waals surface area contributed by atoms with Gasteiger partial charge in [0.2, 0.25) is 0 Å². The highest BCUT2D eigenvalue weighted by molar-refractivity contribution is 9.10. The number of carbonyl (C=O) groups excluding carboxylic acids is 2. The minimum Gasteiger partial charge on any atom is -0.464 e. The Morgan fingerprint density at radius 1 is 1.58 bits per heavy atom. The Morgan fingerprint density at radius 2 is 2.08 bits per heavy atom. The zero-order valence-corrected chi connectivity index (χ0v) is 8.63. The smallest absolute Gasteiger partial charge is 0.330 e. The molecule has 0 spiro atoms. The van der Waals surface area contributed by atoms with E-state index in [0.717, 1.165) is 0 Å². The highest BCUT2D eigenvalue weighted by Gasteiger charge is 2.25. The first-order valence-corrected chi connectivity index (χ1v) is 4.52. The fourth-order valence-electron chi connectivity index (χ4n) is 0.596. The number of alkyl halides is 1. The maximum atomic E-state index is 11.1. The molecule has 0 saturated carbocycles. The van der Waals surface area contributed by atoms with E-state index >= 15 is 0 Å². The van der Waals surface area contributed by atoms with Gasteiger partial charge >= 0.3 is 5.97 Å². The SMILES string of the molecule is CCOC(=O)C(N)C(=O)C(C)Br. The van der Waals surface area contributed by atoms with E-state index in [4.69, 9.17) is 5.73 Å². The molecule has 0 aromatic heterocycles. The first-order chi connectivity index (χ1) is 5.50.